The van der Waals surface area contributed by atoms with Gasteiger partial charge in [-0.25, -0.2) is 19.3 Å². The number of carbonyl (C=O) groups excluding carboxylic acids is 1. The Labute approximate surface area is 180 Å². The van der Waals surface area contributed by atoms with E-state index in [1.165, 1.54) is 17.4 Å². The Morgan fingerprint density at radius 2 is 2.03 bits per heavy atom. The third-order valence-electron chi connectivity index (χ3n) is 5.00. The number of nitrogens with zero attached hydrogens (tertiary/aromatic N) is 3. The summed E-state index contributed by atoms with van der Waals surface area (Å²) in [6.45, 7) is 0. The van der Waals surface area contributed by atoms with Gasteiger partial charge in [-0.15, -0.1) is 11.3 Å². The number of anilines is 1. The summed E-state index contributed by atoms with van der Waals surface area (Å²) < 4.78 is 13.8. The lowest BCUT2D eigenvalue weighted by Gasteiger charge is -2.17. The molecule has 1 amide bonds. The summed E-state index contributed by atoms with van der Waals surface area (Å²) >= 11 is 1.45. The highest BCUT2D eigenvalue weighted by molar-refractivity contribution is 7.16. The summed E-state index contributed by atoms with van der Waals surface area (Å²) in [5, 5.41) is 6.47. The third-order valence-corrected chi connectivity index (χ3v) is 5.81. The van der Waals surface area contributed by atoms with Gasteiger partial charge in [-0.05, 0) is 23.1 Å². The molecule has 0 saturated heterocycles. The minimum atomic E-state index is -0.657. The van der Waals surface area contributed by atoms with Crippen molar-refractivity contribution >= 4 is 44.3 Å². The predicted octanol–water partition coefficient (Wildman–Crippen LogP) is 3.88. The zero-order valence-corrected chi connectivity index (χ0v) is 17.0. The topological polar surface area (TPSA) is 110 Å². The normalized spacial score (nSPS) is 12.3. The molecule has 7 nitrogen and oxygen atoms in total. The van der Waals surface area contributed by atoms with E-state index in [9.17, 15) is 9.18 Å². The van der Waals surface area contributed by atoms with Crippen molar-refractivity contribution < 1.29 is 9.18 Å². The molecular formula is C22H17FN6OS. The molecule has 4 aromatic heterocycles. The molecule has 5 aromatic rings. The van der Waals surface area contributed by atoms with Crippen LogP contribution >= 0.6 is 11.3 Å². The van der Waals surface area contributed by atoms with Gasteiger partial charge < -0.3 is 16.0 Å². The van der Waals surface area contributed by atoms with E-state index in [2.05, 4.69) is 25.3 Å². The number of amides is 1. The summed E-state index contributed by atoms with van der Waals surface area (Å²) in [7, 11) is 0. The van der Waals surface area contributed by atoms with Gasteiger partial charge in [0.15, 0.2) is 5.82 Å². The number of H-pyrrole nitrogens is 1. The number of hydrogen-bond acceptors (Lipinski definition) is 6. The highest BCUT2D eigenvalue weighted by atomic mass is 32.1. The Morgan fingerprint density at radius 1 is 1.19 bits per heavy atom. The van der Waals surface area contributed by atoms with Gasteiger partial charge in [-0.2, -0.15) is 0 Å². The van der Waals surface area contributed by atoms with Crippen molar-refractivity contribution in [3.05, 3.63) is 71.6 Å². The first-order chi connectivity index (χ1) is 15.1. The van der Waals surface area contributed by atoms with Crippen molar-refractivity contribution in [2.24, 2.45) is 5.73 Å². The lowest BCUT2D eigenvalue weighted by Crippen LogP contribution is -2.37. The van der Waals surface area contributed by atoms with E-state index in [1.807, 2.05) is 41.8 Å². The average Bonchev–Trinajstić information content (AvgIpc) is 3.40. The van der Waals surface area contributed by atoms with Crippen LogP contribution in [0.4, 0.5) is 10.2 Å². The molecule has 1 unspecified atom stereocenters. The number of primary amides is 1. The van der Waals surface area contributed by atoms with Crippen LogP contribution in [0.3, 0.4) is 0 Å². The lowest BCUT2D eigenvalue weighted by molar-refractivity contribution is -0.118. The lowest BCUT2D eigenvalue weighted by atomic mass is 10.1. The molecule has 0 bridgehead atoms. The number of rotatable bonds is 6. The summed E-state index contributed by atoms with van der Waals surface area (Å²) in [6.07, 6.45) is 3.27. The zero-order valence-electron chi connectivity index (χ0n) is 16.2. The number of pyridine rings is 1. The summed E-state index contributed by atoms with van der Waals surface area (Å²) in [6, 6.07) is 12.3. The molecule has 154 valence electrons. The number of thiophene rings is 1. The molecule has 1 aromatic carbocycles. The predicted molar refractivity (Wildman–Crippen MR) is 119 cm³/mol. The van der Waals surface area contributed by atoms with E-state index in [-0.39, 0.29) is 0 Å². The van der Waals surface area contributed by atoms with Crippen LogP contribution in [0.15, 0.2) is 60.2 Å². The van der Waals surface area contributed by atoms with Crippen LogP contribution in [-0.4, -0.2) is 31.9 Å². The molecule has 1 atom stereocenters. The van der Waals surface area contributed by atoms with E-state index < -0.39 is 17.8 Å². The maximum absolute atomic E-state index is 13.8. The van der Waals surface area contributed by atoms with Crippen LogP contribution in [0.1, 0.15) is 5.56 Å². The minimum absolute atomic E-state index is 0.402. The van der Waals surface area contributed by atoms with Gasteiger partial charge >= 0.3 is 0 Å². The average molecular weight is 432 g/mol. The Balaban J connectivity index is 1.57. The van der Waals surface area contributed by atoms with Crippen LogP contribution in [-0.2, 0) is 11.2 Å². The van der Waals surface area contributed by atoms with E-state index in [0.29, 0.717) is 34.7 Å². The van der Waals surface area contributed by atoms with Crippen molar-refractivity contribution in [3.8, 4) is 11.4 Å². The summed E-state index contributed by atoms with van der Waals surface area (Å²) in [5.74, 6) is -0.0231. The Morgan fingerprint density at radius 3 is 2.84 bits per heavy atom. The quantitative estimate of drug-likeness (QED) is 0.377. The van der Waals surface area contributed by atoms with Crippen LogP contribution in [0.2, 0.25) is 0 Å². The van der Waals surface area contributed by atoms with Gasteiger partial charge in [-0.3, -0.25) is 4.79 Å². The highest BCUT2D eigenvalue weighted by Crippen LogP contribution is 2.32. The standard InChI is InChI=1S/C22H17FN6OS/c23-13-9-15-16(11-26-19(15)25-10-13)21-28-20(14-6-7-31-22(14)29-21)27-17(18(24)30)8-12-4-2-1-3-5-12/h1-7,9-11,17H,8H2,(H2,24,30)(H,25,26)(H,27,28,29). The maximum Gasteiger partial charge on any atom is 0.240 e. The number of carbonyl (C=O) groups is 1. The first-order valence-electron chi connectivity index (χ1n) is 9.56. The number of benzene rings is 1. The molecule has 0 aliphatic heterocycles. The molecule has 0 spiro atoms. The molecule has 0 fully saturated rings. The zero-order chi connectivity index (χ0) is 21.4. The molecule has 0 aliphatic carbocycles. The highest BCUT2D eigenvalue weighted by Gasteiger charge is 2.20. The first kappa shape index (κ1) is 19.1. The van der Waals surface area contributed by atoms with Crippen molar-refractivity contribution in [1.82, 2.24) is 19.9 Å². The fraction of sp³-hybridized carbons (Fsp3) is 0.0909. The second-order valence-corrected chi connectivity index (χ2v) is 7.97. The molecule has 0 radical (unpaired) electrons. The van der Waals surface area contributed by atoms with Crippen LogP contribution in [0.5, 0.6) is 0 Å². The number of fused-ring (bicyclic) bond motifs is 2. The van der Waals surface area contributed by atoms with Crippen molar-refractivity contribution in [2.75, 3.05) is 5.32 Å². The van der Waals surface area contributed by atoms with Crippen LogP contribution < -0.4 is 11.1 Å². The molecule has 4 heterocycles. The van der Waals surface area contributed by atoms with Gasteiger partial charge in [-0.1, -0.05) is 30.3 Å². The monoisotopic (exact) mass is 432 g/mol. The summed E-state index contributed by atoms with van der Waals surface area (Å²) in [5.41, 5.74) is 7.82. The fourth-order valence-corrected chi connectivity index (χ4v) is 4.25. The van der Waals surface area contributed by atoms with Gasteiger partial charge in [0.25, 0.3) is 0 Å². The smallest absolute Gasteiger partial charge is 0.240 e. The number of halogens is 1. The number of nitrogens with two attached hydrogens (primary N) is 1. The molecular weight excluding hydrogens is 415 g/mol. The second kappa shape index (κ2) is 7.77. The van der Waals surface area contributed by atoms with E-state index >= 15 is 0 Å². The SMILES string of the molecule is NC(=O)C(Cc1ccccc1)Nc1nc(-c2c[nH]c3ncc(F)cc23)nc2sccc12. The molecule has 5 rings (SSSR count). The van der Waals surface area contributed by atoms with E-state index in [0.717, 1.165) is 22.0 Å². The number of nitrogens with one attached hydrogen (secondary N) is 2. The fourth-order valence-electron chi connectivity index (χ4n) is 3.49. The number of hydrogen-bond donors (Lipinski definition) is 3. The third kappa shape index (κ3) is 3.71. The minimum Gasteiger partial charge on any atom is -0.368 e. The second-order valence-electron chi connectivity index (χ2n) is 7.08. The molecule has 31 heavy (non-hydrogen) atoms. The van der Waals surface area contributed by atoms with Gasteiger partial charge in [0.05, 0.1) is 11.6 Å². The molecule has 0 aliphatic rings. The van der Waals surface area contributed by atoms with Crippen molar-refractivity contribution in [3.63, 3.8) is 0 Å². The largest absolute Gasteiger partial charge is 0.368 e. The summed E-state index contributed by atoms with van der Waals surface area (Å²) in [4.78, 5) is 29.3. The van der Waals surface area contributed by atoms with E-state index in [1.54, 1.807) is 6.20 Å². The Hall–Kier alpha value is -3.85. The molecule has 0 saturated carbocycles. The molecule has 9 heteroatoms. The van der Waals surface area contributed by atoms with Crippen LogP contribution in [0.25, 0.3) is 32.6 Å². The Kier molecular flexibility index (Phi) is 4.79. The molecule has 4 N–H and O–H groups in total. The van der Waals surface area contributed by atoms with Crippen LogP contribution in [0, 0.1) is 5.82 Å². The number of aromatic nitrogens is 4. The first-order valence-corrected chi connectivity index (χ1v) is 10.4. The van der Waals surface area contributed by atoms with Gasteiger partial charge in [0.1, 0.15) is 28.2 Å². The number of aromatic amines is 1. The van der Waals surface area contributed by atoms with Gasteiger partial charge in [0, 0.05) is 23.6 Å². The van der Waals surface area contributed by atoms with Crippen molar-refractivity contribution in [1.29, 1.82) is 0 Å². The van der Waals surface area contributed by atoms with Crippen molar-refractivity contribution in [2.45, 2.75) is 12.5 Å². The maximum atomic E-state index is 13.8. The van der Waals surface area contributed by atoms with E-state index in [4.69, 9.17) is 5.73 Å². The Bertz CT molecular complexity index is 1400. The van der Waals surface area contributed by atoms with Gasteiger partial charge in [0.2, 0.25) is 5.91 Å².